The summed E-state index contributed by atoms with van der Waals surface area (Å²) in [5, 5.41) is 0.889. The summed E-state index contributed by atoms with van der Waals surface area (Å²) in [6.45, 7) is 1.88. The van der Waals surface area contributed by atoms with E-state index in [1.807, 2.05) is 6.92 Å². The molecule has 0 spiro atoms. The Bertz CT molecular complexity index is 197. The molecule has 1 rings (SSSR count). The molecule has 0 aliphatic heterocycles. The number of thiazole rings is 1. The average molecular weight is 163 g/mol. The zero-order chi connectivity index (χ0) is 6.85. The van der Waals surface area contributed by atoms with Crippen molar-refractivity contribution in [3.63, 3.8) is 0 Å². The van der Waals surface area contributed by atoms with Gasteiger partial charge in [0.15, 0.2) is 0 Å². The maximum Gasteiger partial charge on any atom is 0.113 e. The van der Waals surface area contributed by atoms with E-state index in [0.717, 1.165) is 5.01 Å². The van der Waals surface area contributed by atoms with Crippen molar-refractivity contribution in [2.45, 2.75) is 13.0 Å². The molecule has 4 heteroatoms. The SMILES string of the molecule is C[C@@H](N)c1ncc(Cl)s1. The van der Waals surface area contributed by atoms with Crippen molar-refractivity contribution in [1.82, 2.24) is 4.98 Å². The molecule has 1 atom stereocenters. The predicted octanol–water partition coefficient (Wildman–Crippen LogP) is 1.82. The molecule has 0 aliphatic carbocycles. The van der Waals surface area contributed by atoms with Crippen molar-refractivity contribution < 1.29 is 0 Å². The van der Waals surface area contributed by atoms with Crippen LogP contribution in [-0.4, -0.2) is 4.98 Å². The predicted molar refractivity (Wildman–Crippen MR) is 39.7 cm³/mol. The zero-order valence-electron chi connectivity index (χ0n) is 4.97. The fourth-order valence-corrected chi connectivity index (χ4v) is 1.36. The first kappa shape index (κ1) is 6.99. The summed E-state index contributed by atoms with van der Waals surface area (Å²) < 4.78 is 0.697. The van der Waals surface area contributed by atoms with E-state index in [2.05, 4.69) is 4.98 Å². The molecule has 0 aromatic carbocycles. The zero-order valence-corrected chi connectivity index (χ0v) is 6.54. The Hall–Kier alpha value is -0.120. The molecule has 2 nitrogen and oxygen atoms in total. The van der Waals surface area contributed by atoms with E-state index in [-0.39, 0.29) is 6.04 Å². The number of nitrogens with two attached hydrogens (primary N) is 1. The van der Waals surface area contributed by atoms with Crippen LogP contribution >= 0.6 is 22.9 Å². The van der Waals surface area contributed by atoms with Crippen LogP contribution in [0.5, 0.6) is 0 Å². The molecule has 2 N–H and O–H groups in total. The first-order valence-electron chi connectivity index (χ1n) is 2.57. The summed E-state index contributed by atoms with van der Waals surface area (Å²) in [5.74, 6) is 0. The average Bonchev–Trinajstić information content (AvgIpc) is 2.14. The maximum absolute atomic E-state index is 5.60. The molecule has 50 valence electrons. The van der Waals surface area contributed by atoms with Crippen LogP contribution < -0.4 is 5.73 Å². The van der Waals surface area contributed by atoms with E-state index in [1.54, 1.807) is 6.20 Å². The molecule has 0 saturated heterocycles. The third-order valence-electron chi connectivity index (χ3n) is 0.885. The molecule has 0 bridgehead atoms. The van der Waals surface area contributed by atoms with Crippen LogP contribution in [0.1, 0.15) is 18.0 Å². The highest BCUT2D eigenvalue weighted by Gasteiger charge is 2.02. The number of nitrogens with zero attached hydrogens (tertiary/aromatic N) is 1. The normalized spacial score (nSPS) is 13.7. The van der Waals surface area contributed by atoms with Crippen molar-refractivity contribution in [2.24, 2.45) is 5.73 Å². The van der Waals surface area contributed by atoms with Crippen LogP contribution in [-0.2, 0) is 0 Å². The summed E-state index contributed by atoms with van der Waals surface area (Å²) in [6.07, 6.45) is 1.62. The molecule has 0 unspecified atom stereocenters. The molecule has 1 heterocycles. The fourth-order valence-electron chi connectivity index (χ4n) is 0.477. The van der Waals surface area contributed by atoms with Gasteiger partial charge in [-0.25, -0.2) is 4.98 Å². The van der Waals surface area contributed by atoms with Gasteiger partial charge in [0.2, 0.25) is 0 Å². The van der Waals surface area contributed by atoms with E-state index < -0.39 is 0 Å². The van der Waals surface area contributed by atoms with Crippen molar-refractivity contribution in [3.05, 3.63) is 15.5 Å². The van der Waals surface area contributed by atoms with Gasteiger partial charge in [0.25, 0.3) is 0 Å². The summed E-state index contributed by atoms with van der Waals surface area (Å²) in [6, 6.07) is 0.00231. The van der Waals surface area contributed by atoms with Gasteiger partial charge in [0.05, 0.1) is 12.2 Å². The summed E-state index contributed by atoms with van der Waals surface area (Å²) in [5.41, 5.74) is 5.52. The number of hydrogen-bond donors (Lipinski definition) is 1. The van der Waals surface area contributed by atoms with Crippen LogP contribution in [0.25, 0.3) is 0 Å². The molecule has 0 amide bonds. The standard InChI is InChI=1S/C5H7ClN2S/c1-3(7)5-8-2-4(6)9-5/h2-3H,7H2,1H3/t3-/m1/s1. The Balaban J connectivity index is 2.85. The van der Waals surface area contributed by atoms with Gasteiger partial charge in [0, 0.05) is 0 Å². The second kappa shape index (κ2) is 2.64. The summed E-state index contributed by atoms with van der Waals surface area (Å²) in [4.78, 5) is 3.98. The molecular formula is C5H7ClN2S. The van der Waals surface area contributed by atoms with Crippen molar-refractivity contribution in [2.75, 3.05) is 0 Å². The number of rotatable bonds is 1. The molecule has 1 aromatic rings. The van der Waals surface area contributed by atoms with Crippen LogP contribution in [0, 0.1) is 0 Å². The Labute approximate surface area is 62.7 Å². The second-order valence-electron chi connectivity index (χ2n) is 1.79. The maximum atomic E-state index is 5.60. The lowest BCUT2D eigenvalue weighted by Crippen LogP contribution is -2.03. The smallest absolute Gasteiger partial charge is 0.113 e. The van der Waals surface area contributed by atoms with E-state index in [9.17, 15) is 0 Å². The highest BCUT2D eigenvalue weighted by molar-refractivity contribution is 7.15. The third-order valence-corrected chi connectivity index (χ3v) is 2.20. The Morgan fingerprint density at radius 1 is 1.89 bits per heavy atom. The molecule has 0 fully saturated rings. The topological polar surface area (TPSA) is 38.9 Å². The third kappa shape index (κ3) is 1.64. The Kier molecular flexibility index (Phi) is 2.05. The van der Waals surface area contributed by atoms with Gasteiger partial charge in [-0.1, -0.05) is 11.6 Å². The van der Waals surface area contributed by atoms with Gasteiger partial charge >= 0.3 is 0 Å². The minimum absolute atomic E-state index is 0.00231. The van der Waals surface area contributed by atoms with E-state index in [4.69, 9.17) is 17.3 Å². The molecule has 1 aromatic heterocycles. The highest BCUT2D eigenvalue weighted by atomic mass is 35.5. The van der Waals surface area contributed by atoms with Gasteiger partial charge < -0.3 is 5.73 Å². The van der Waals surface area contributed by atoms with Gasteiger partial charge in [-0.3, -0.25) is 0 Å². The lowest BCUT2D eigenvalue weighted by molar-refractivity contribution is 0.807. The van der Waals surface area contributed by atoms with Crippen molar-refractivity contribution in [1.29, 1.82) is 0 Å². The second-order valence-corrected chi connectivity index (χ2v) is 3.48. The first-order chi connectivity index (χ1) is 4.20. The fraction of sp³-hybridized carbons (Fsp3) is 0.400. The van der Waals surface area contributed by atoms with Gasteiger partial charge in [-0.05, 0) is 6.92 Å². The Morgan fingerprint density at radius 3 is 2.78 bits per heavy atom. The van der Waals surface area contributed by atoms with Gasteiger partial charge in [-0.2, -0.15) is 0 Å². The number of halogens is 1. The minimum Gasteiger partial charge on any atom is -0.322 e. The quantitative estimate of drug-likeness (QED) is 0.684. The van der Waals surface area contributed by atoms with E-state index in [0.29, 0.717) is 4.34 Å². The summed E-state index contributed by atoms with van der Waals surface area (Å²) >= 11 is 7.03. The lowest BCUT2D eigenvalue weighted by atomic mass is 10.4. The van der Waals surface area contributed by atoms with Gasteiger partial charge in [-0.15, -0.1) is 11.3 Å². The van der Waals surface area contributed by atoms with Crippen LogP contribution in [0.3, 0.4) is 0 Å². The molecule has 9 heavy (non-hydrogen) atoms. The largest absolute Gasteiger partial charge is 0.322 e. The van der Waals surface area contributed by atoms with Crippen LogP contribution in [0.15, 0.2) is 6.20 Å². The van der Waals surface area contributed by atoms with E-state index >= 15 is 0 Å². The molecular weight excluding hydrogens is 156 g/mol. The molecule has 0 aliphatic rings. The Morgan fingerprint density at radius 2 is 2.56 bits per heavy atom. The number of hydrogen-bond acceptors (Lipinski definition) is 3. The van der Waals surface area contributed by atoms with E-state index in [1.165, 1.54) is 11.3 Å². The first-order valence-corrected chi connectivity index (χ1v) is 3.76. The van der Waals surface area contributed by atoms with Crippen molar-refractivity contribution >= 4 is 22.9 Å². The highest BCUT2D eigenvalue weighted by Crippen LogP contribution is 2.21. The minimum atomic E-state index is 0.00231. The monoisotopic (exact) mass is 162 g/mol. The lowest BCUT2D eigenvalue weighted by Gasteiger charge is -1.94. The number of aromatic nitrogens is 1. The van der Waals surface area contributed by atoms with Crippen LogP contribution in [0.4, 0.5) is 0 Å². The summed E-state index contributed by atoms with van der Waals surface area (Å²) in [7, 11) is 0. The molecule has 0 saturated carbocycles. The van der Waals surface area contributed by atoms with Crippen LogP contribution in [0.2, 0.25) is 4.34 Å². The molecule has 0 radical (unpaired) electrons. The van der Waals surface area contributed by atoms with Gasteiger partial charge in [0.1, 0.15) is 9.34 Å². The van der Waals surface area contributed by atoms with Crippen molar-refractivity contribution in [3.8, 4) is 0 Å².